The molecular weight excluding hydrogens is 415 g/mol. The fourth-order valence-electron chi connectivity index (χ4n) is 3.36. The molecule has 0 amide bonds. The Kier molecular flexibility index (Phi) is 7.57. The van der Waals surface area contributed by atoms with Gasteiger partial charge in [0.1, 0.15) is 5.82 Å². The third kappa shape index (κ3) is 6.75. The molecule has 0 saturated heterocycles. The van der Waals surface area contributed by atoms with E-state index in [1.807, 2.05) is 31.2 Å². The summed E-state index contributed by atoms with van der Waals surface area (Å²) in [5.74, 6) is 0.0324. The number of nitrogens with zero attached hydrogens (tertiary/aromatic N) is 2. The molecule has 0 radical (unpaired) electrons. The highest BCUT2D eigenvalue weighted by molar-refractivity contribution is 7.89. The van der Waals surface area contributed by atoms with Crippen LogP contribution >= 0.6 is 0 Å². The van der Waals surface area contributed by atoms with Crippen molar-refractivity contribution < 1.29 is 12.8 Å². The summed E-state index contributed by atoms with van der Waals surface area (Å²) in [7, 11) is -3.23. The monoisotopic (exact) mass is 442 g/mol. The van der Waals surface area contributed by atoms with E-state index in [1.54, 1.807) is 6.20 Å². The van der Waals surface area contributed by atoms with E-state index in [-0.39, 0.29) is 12.3 Å². The van der Waals surface area contributed by atoms with Crippen molar-refractivity contribution in [3.05, 3.63) is 77.2 Å². The molecule has 8 heteroatoms. The number of benzene rings is 2. The van der Waals surface area contributed by atoms with Crippen molar-refractivity contribution in [2.24, 2.45) is 4.99 Å². The largest absolute Gasteiger partial charge is 0.357 e. The number of sulfone groups is 1. The lowest BCUT2D eigenvalue weighted by Crippen LogP contribution is -2.38. The molecule has 0 atom stereocenters. The van der Waals surface area contributed by atoms with Gasteiger partial charge in [-0.25, -0.2) is 17.8 Å². The molecule has 6 nitrogen and oxygen atoms in total. The number of guanidine groups is 1. The molecule has 0 aliphatic carbocycles. The second-order valence-corrected chi connectivity index (χ2v) is 9.49. The van der Waals surface area contributed by atoms with Crippen molar-refractivity contribution in [2.75, 3.05) is 19.3 Å². The van der Waals surface area contributed by atoms with Crippen molar-refractivity contribution in [3.63, 3.8) is 0 Å². The SMILES string of the molecule is CCNC(=NCc1cc(F)ccc1CS(C)(=O)=O)NCCc1cccc2cccnc12. The first kappa shape index (κ1) is 22.7. The molecule has 2 N–H and O–H groups in total. The summed E-state index contributed by atoms with van der Waals surface area (Å²) < 4.78 is 37.1. The number of hydrogen-bond acceptors (Lipinski definition) is 4. The number of pyridine rings is 1. The molecule has 2 aromatic carbocycles. The third-order valence-electron chi connectivity index (χ3n) is 4.74. The molecule has 0 bridgehead atoms. The van der Waals surface area contributed by atoms with Crippen molar-refractivity contribution in [1.82, 2.24) is 15.6 Å². The van der Waals surface area contributed by atoms with E-state index in [9.17, 15) is 12.8 Å². The topological polar surface area (TPSA) is 83.5 Å². The molecule has 0 unspecified atom stereocenters. The Morgan fingerprint density at radius 2 is 1.87 bits per heavy atom. The quantitative estimate of drug-likeness (QED) is 0.413. The maximum absolute atomic E-state index is 13.7. The Morgan fingerprint density at radius 3 is 2.65 bits per heavy atom. The van der Waals surface area contributed by atoms with Crippen LogP contribution in [0.25, 0.3) is 10.9 Å². The van der Waals surface area contributed by atoms with Gasteiger partial charge in [0.15, 0.2) is 15.8 Å². The highest BCUT2D eigenvalue weighted by Crippen LogP contribution is 2.17. The van der Waals surface area contributed by atoms with Crippen LogP contribution in [0.2, 0.25) is 0 Å². The fraction of sp³-hybridized carbons (Fsp3) is 0.304. The lowest BCUT2D eigenvalue weighted by molar-refractivity contribution is 0.600. The lowest BCUT2D eigenvalue weighted by Gasteiger charge is -2.13. The van der Waals surface area contributed by atoms with Gasteiger partial charge in [0.25, 0.3) is 0 Å². The lowest BCUT2D eigenvalue weighted by atomic mass is 10.1. The summed E-state index contributed by atoms with van der Waals surface area (Å²) in [4.78, 5) is 9.01. The van der Waals surface area contributed by atoms with Gasteiger partial charge in [0, 0.05) is 30.9 Å². The predicted octanol–water partition coefficient (Wildman–Crippen LogP) is 3.22. The van der Waals surface area contributed by atoms with Crippen LogP contribution in [0.1, 0.15) is 23.6 Å². The van der Waals surface area contributed by atoms with Crippen LogP contribution in [0.15, 0.2) is 59.7 Å². The van der Waals surface area contributed by atoms with E-state index in [0.29, 0.717) is 30.2 Å². The van der Waals surface area contributed by atoms with Gasteiger partial charge < -0.3 is 10.6 Å². The van der Waals surface area contributed by atoms with Gasteiger partial charge in [-0.1, -0.05) is 30.3 Å². The molecule has 0 fully saturated rings. The molecule has 1 heterocycles. The predicted molar refractivity (Wildman–Crippen MR) is 123 cm³/mol. The molecular formula is C23H27FN4O2S. The molecule has 0 saturated carbocycles. The number of halogens is 1. The zero-order valence-electron chi connectivity index (χ0n) is 17.7. The number of para-hydroxylation sites is 1. The van der Waals surface area contributed by atoms with Crippen molar-refractivity contribution in [2.45, 2.75) is 25.6 Å². The van der Waals surface area contributed by atoms with Crippen molar-refractivity contribution in [3.8, 4) is 0 Å². The summed E-state index contributed by atoms with van der Waals surface area (Å²) in [6.07, 6.45) is 3.72. The number of fused-ring (bicyclic) bond motifs is 1. The number of rotatable bonds is 8. The average molecular weight is 443 g/mol. The first-order valence-corrected chi connectivity index (χ1v) is 12.2. The van der Waals surface area contributed by atoms with Crippen molar-refractivity contribution >= 4 is 26.7 Å². The van der Waals surface area contributed by atoms with Crippen molar-refractivity contribution in [1.29, 1.82) is 0 Å². The van der Waals surface area contributed by atoms with Gasteiger partial charge in [-0.15, -0.1) is 0 Å². The van der Waals surface area contributed by atoms with Gasteiger partial charge >= 0.3 is 0 Å². The zero-order valence-corrected chi connectivity index (χ0v) is 18.5. The summed E-state index contributed by atoms with van der Waals surface area (Å²) in [6, 6.07) is 14.2. The van der Waals surface area contributed by atoms with Gasteiger partial charge in [-0.05, 0) is 48.2 Å². The first-order chi connectivity index (χ1) is 14.9. The highest BCUT2D eigenvalue weighted by Gasteiger charge is 2.11. The van der Waals surface area contributed by atoms with Gasteiger partial charge in [0.2, 0.25) is 0 Å². The van der Waals surface area contributed by atoms with E-state index in [4.69, 9.17) is 0 Å². The molecule has 3 rings (SSSR count). The minimum Gasteiger partial charge on any atom is -0.357 e. The maximum atomic E-state index is 13.7. The summed E-state index contributed by atoms with van der Waals surface area (Å²) in [6.45, 7) is 3.44. The molecule has 31 heavy (non-hydrogen) atoms. The molecule has 0 aliphatic rings. The number of aromatic nitrogens is 1. The van der Waals surface area contributed by atoms with E-state index in [2.05, 4.69) is 26.7 Å². The van der Waals surface area contributed by atoms with Gasteiger partial charge in [-0.3, -0.25) is 4.98 Å². The van der Waals surface area contributed by atoms with E-state index >= 15 is 0 Å². The number of aliphatic imine (C=N–C) groups is 1. The van der Waals surface area contributed by atoms with E-state index in [1.165, 1.54) is 18.2 Å². The maximum Gasteiger partial charge on any atom is 0.191 e. The Balaban J connectivity index is 1.70. The minimum absolute atomic E-state index is 0.143. The molecule has 164 valence electrons. The first-order valence-electron chi connectivity index (χ1n) is 10.2. The average Bonchev–Trinajstić information content (AvgIpc) is 2.73. The van der Waals surface area contributed by atoms with Crippen LogP contribution in [-0.4, -0.2) is 38.7 Å². The van der Waals surface area contributed by atoms with E-state index in [0.717, 1.165) is 29.1 Å². The number of hydrogen-bond donors (Lipinski definition) is 2. The highest BCUT2D eigenvalue weighted by atomic mass is 32.2. The van der Waals surface area contributed by atoms with Gasteiger partial charge in [0.05, 0.1) is 17.8 Å². The fourth-order valence-corrected chi connectivity index (χ4v) is 4.20. The van der Waals surface area contributed by atoms with Crippen LogP contribution in [0, 0.1) is 5.82 Å². The summed E-state index contributed by atoms with van der Waals surface area (Å²) in [5.41, 5.74) is 3.24. The summed E-state index contributed by atoms with van der Waals surface area (Å²) >= 11 is 0. The smallest absolute Gasteiger partial charge is 0.191 e. The Labute approximate surface area is 182 Å². The molecule has 1 aromatic heterocycles. The number of nitrogens with one attached hydrogen (secondary N) is 2. The Hall–Kier alpha value is -3.00. The van der Waals surface area contributed by atoms with Crippen LogP contribution in [0.5, 0.6) is 0 Å². The van der Waals surface area contributed by atoms with E-state index < -0.39 is 15.7 Å². The Morgan fingerprint density at radius 1 is 1.06 bits per heavy atom. The molecule has 0 spiro atoms. The normalized spacial score (nSPS) is 12.2. The van der Waals surface area contributed by atoms with Crippen LogP contribution in [-0.2, 0) is 28.6 Å². The van der Waals surface area contributed by atoms with Crippen LogP contribution in [0.4, 0.5) is 4.39 Å². The Bertz CT molecular complexity index is 1170. The second kappa shape index (κ2) is 10.3. The second-order valence-electron chi connectivity index (χ2n) is 7.35. The van der Waals surface area contributed by atoms with Crippen LogP contribution < -0.4 is 10.6 Å². The molecule has 0 aliphatic heterocycles. The summed E-state index contributed by atoms with van der Waals surface area (Å²) in [5, 5.41) is 7.56. The van der Waals surface area contributed by atoms with Crippen LogP contribution in [0.3, 0.4) is 0 Å². The zero-order chi connectivity index (χ0) is 22.3. The third-order valence-corrected chi connectivity index (χ3v) is 5.58. The molecule has 3 aromatic rings. The standard InChI is InChI=1S/C23H27FN4O2S/c1-3-25-23(27-13-11-18-7-4-6-17-8-5-12-26-22(17)18)28-15-20-14-21(24)10-9-19(20)16-31(2,29)30/h4-10,12,14H,3,11,13,15-16H2,1-2H3,(H2,25,27,28). The van der Waals surface area contributed by atoms with Gasteiger partial charge in [-0.2, -0.15) is 0 Å². The minimum atomic E-state index is -3.23.